The van der Waals surface area contributed by atoms with E-state index >= 15 is 0 Å². The van der Waals surface area contributed by atoms with Crippen molar-refractivity contribution < 1.29 is 4.79 Å². The maximum atomic E-state index is 11.8. The maximum Gasteiger partial charge on any atom is 0.251 e. The Balaban J connectivity index is 1.56. The molecular formula is C15H16N4O. The van der Waals surface area contributed by atoms with Gasteiger partial charge in [0.1, 0.15) is 6.33 Å². The molecule has 0 unspecified atom stereocenters. The van der Waals surface area contributed by atoms with Gasteiger partial charge in [0.05, 0.1) is 0 Å². The molecule has 1 saturated carbocycles. The largest absolute Gasteiger partial charge is 0.381 e. The molecule has 5 nitrogen and oxygen atoms in total. The summed E-state index contributed by atoms with van der Waals surface area (Å²) in [5.74, 6) is 0.00973. The molecule has 3 rings (SSSR count). The molecule has 1 heterocycles. The standard InChI is InChI=1S/C15H16N4O/c20-15(19-14-5-6-14)12-1-3-13(4-2-12)18-9-11-7-16-10-17-8-11/h1-4,7-8,10,14,18H,5-6,9H2,(H,19,20). The molecule has 0 saturated heterocycles. The molecule has 0 bridgehead atoms. The van der Waals surface area contributed by atoms with E-state index in [2.05, 4.69) is 20.6 Å². The lowest BCUT2D eigenvalue weighted by molar-refractivity contribution is 0.0951. The summed E-state index contributed by atoms with van der Waals surface area (Å²) in [7, 11) is 0. The van der Waals surface area contributed by atoms with E-state index < -0.39 is 0 Å². The second-order valence-electron chi connectivity index (χ2n) is 4.93. The molecule has 2 aromatic rings. The highest BCUT2D eigenvalue weighted by molar-refractivity contribution is 5.94. The quantitative estimate of drug-likeness (QED) is 0.870. The number of nitrogens with one attached hydrogen (secondary N) is 2. The van der Waals surface area contributed by atoms with Gasteiger partial charge in [-0.05, 0) is 37.1 Å². The maximum absolute atomic E-state index is 11.8. The summed E-state index contributed by atoms with van der Waals surface area (Å²) in [4.78, 5) is 19.8. The summed E-state index contributed by atoms with van der Waals surface area (Å²) in [6.45, 7) is 0.661. The summed E-state index contributed by atoms with van der Waals surface area (Å²) in [5.41, 5.74) is 2.69. The van der Waals surface area contributed by atoms with E-state index in [1.165, 1.54) is 6.33 Å². The van der Waals surface area contributed by atoms with E-state index in [9.17, 15) is 4.79 Å². The normalized spacial score (nSPS) is 13.8. The third-order valence-electron chi connectivity index (χ3n) is 3.17. The molecule has 1 aromatic heterocycles. The van der Waals surface area contributed by atoms with Gasteiger partial charge in [0, 0.05) is 41.8 Å². The Labute approximate surface area is 117 Å². The summed E-state index contributed by atoms with van der Waals surface area (Å²) in [6, 6.07) is 7.87. The van der Waals surface area contributed by atoms with Gasteiger partial charge in [-0.1, -0.05) is 0 Å². The van der Waals surface area contributed by atoms with Crippen LogP contribution < -0.4 is 10.6 Å². The van der Waals surface area contributed by atoms with Crippen molar-refractivity contribution in [3.05, 3.63) is 54.1 Å². The molecule has 1 amide bonds. The second kappa shape index (κ2) is 5.69. The van der Waals surface area contributed by atoms with Gasteiger partial charge in [0.25, 0.3) is 5.91 Å². The van der Waals surface area contributed by atoms with E-state index in [1.54, 1.807) is 12.4 Å². The lowest BCUT2D eigenvalue weighted by Crippen LogP contribution is -2.25. The average Bonchev–Trinajstić information content (AvgIpc) is 3.31. The topological polar surface area (TPSA) is 66.9 Å². The van der Waals surface area contributed by atoms with Crippen LogP contribution in [0.2, 0.25) is 0 Å². The number of carbonyl (C=O) groups excluding carboxylic acids is 1. The van der Waals surface area contributed by atoms with Crippen molar-refractivity contribution >= 4 is 11.6 Å². The molecule has 5 heteroatoms. The van der Waals surface area contributed by atoms with Gasteiger partial charge in [-0.25, -0.2) is 9.97 Å². The van der Waals surface area contributed by atoms with Crippen LogP contribution in [0.3, 0.4) is 0 Å². The Kier molecular flexibility index (Phi) is 3.58. The summed E-state index contributed by atoms with van der Waals surface area (Å²) < 4.78 is 0. The third-order valence-corrected chi connectivity index (χ3v) is 3.17. The fraction of sp³-hybridized carbons (Fsp3) is 0.267. The lowest BCUT2D eigenvalue weighted by atomic mass is 10.2. The molecule has 20 heavy (non-hydrogen) atoms. The van der Waals surface area contributed by atoms with Gasteiger partial charge >= 0.3 is 0 Å². The molecule has 0 atom stereocenters. The van der Waals surface area contributed by atoms with Crippen molar-refractivity contribution in [1.82, 2.24) is 15.3 Å². The molecule has 1 aliphatic rings. The van der Waals surface area contributed by atoms with Crippen molar-refractivity contribution in [1.29, 1.82) is 0 Å². The number of nitrogens with zero attached hydrogens (tertiary/aromatic N) is 2. The molecule has 2 N–H and O–H groups in total. The van der Waals surface area contributed by atoms with Crippen molar-refractivity contribution in [3.63, 3.8) is 0 Å². The van der Waals surface area contributed by atoms with E-state index in [-0.39, 0.29) is 5.91 Å². The SMILES string of the molecule is O=C(NC1CC1)c1ccc(NCc2cncnc2)cc1. The highest BCUT2D eigenvalue weighted by Gasteiger charge is 2.23. The van der Waals surface area contributed by atoms with Crippen molar-refractivity contribution in [2.45, 2.75) is 25.4 Å². The van der Waals surface area contributed by atoms with Crippen molar-refractivity contribution in [3.8, 4) is 0 Å². The first-order valence-electron chi connectivity index (χ1n) is 6.70. The zero-order valence-corrected chi connectivity index (χ0v) is 11.0. The zero-order valence-electron chi connectivity index (χ0n) is 11.0. The zero-order chi connectivity index (χ0) is 13.8. The number of hydrogen-bond donors (Lipinski definition) is 2. The first-order chi connectivity index (χ1) is 9.81. The molecular weight excluding hydrogens is 252 g/mol. The Morgan fingerprint density at radius 3 is 2.50 bits per heavy atom. The van der Waals surface area contributed by atoms with Crippen LogP contribution in [0, 0.1) is 0 Å². The average molecular weight is 268 g/mol. The summed E-state index contributed by atoms with van der Waals surface area (Å²) in [6.07, 6.45) is 7.26. The van der Waals surface area contributed by atoms with Crippen LogP contribution in [0.1, 0.15) is 28.8 Å². The monoisotopic (exact) mass is 268 g/mol. The molecule has 102 valence electrons. The number of rotatable bonds is 5. The molecule has 0 aliphatic heterocycles. The Bertz CT molecular complexity index is 579. The van der Waals surface area contributed by atoms with Crippen molar-refractivity contribution in [2.24, 2.45) is 0 Å². The molecule has 0 radical (unpaired) electrons. The van der Waals surface area contributed by atoms with E-state index in [4.69, 9.17) is 0 Å². The highest BCUT2D eigenvalue weighted by atomic mass is 16.1. The van der Waals surface area contributed by atoms with Gasteiger partial charge in [-0.3, -0.25) is 4.79 Å². The van der Waals surface area contributed by atoms with E-state index in [0.717, 1.165) is 24.1 Å². The predicted molar refractivity (Wildman–Crippen MR) is 76.3 cm³/mol. The second-order valence-corrected chi connectivity index (χ2v) is 4.93. The Morgan fingerprint density at radius 1 is 1.15 bits per heavy atom. The molecule has 1 aromatic carbocycles. The van der Waals surface area contributed by atoms with Crippen LogP contribution in [-0.4, -0.2) is 21.9 Å². The van der Waals surface area contributed by atoms with Crippen molar-refractivity contribution in [2.75, 3.05) is 5.32 Å². The Hall–Kier alpha value is -2.43. The van der Waals surface area contributed by atoms with Crippen LogP contribution in [0.4, 0.5) is 5.69 Å². The minimum absolute atomic E-state index is 0.00973. The predicted octanol–water partition coefficient (Wildman–Crippen LogP) is 1.98. The lowest BCUT2D eigenvalue weighted by Gasteiger charge is -2.07. The van der Waals surface area contributed by atoms with Crippen LogP contribution >= 0.6 is 0 Å². The van der Waals surface area contributed by atoms with Gasteiger partial charge in [-0.15, -0.1) is 0 Å². The van der Waals surface area contributed by atoms with E-state index in [0.29, 0.717) is 18.2 Å². The fourth-order valence-electron chi connectivity index (χ4n) is 1.86. The number of anilines is 1. The van der Waals surface area contributed by atoms with Crippen LogP contribution in [0.5, 0.6) is 0 Å². The minimum atomic E-state index is 0.00973. The minimum Gasteiger partial charge on any atom is -0.381 e. The van der Waals surface area contributed by atoms with E-state index in [1.807, 2.05) is 24.3 Å². The number of carbonyl (C=O) groups is 1. The first-order valence-corrected chi connectivity index (χ1v) is 6.70. The number of hydrogen-bond acceptors (Lipinski definition) is 4. The molecule has 0 spiro atoms. The first kappa shape index (κ1) is 12.6. The third kappa shape index (κ3) is 3.32. The van der Waals surface area contributed by atoms with Crippen LogP contribution in [0.15, 0.2) is 43.0 Å². The van der Waals surface area contributed by atoms with Gasteiger partial charge in [-0.2, -0.15) is 0 Å². The number of aromatic nitrogens is 2. The van der Waals surface area contributed by atoms with Crippen LogP contribution in [-0.2, 0) is 6.54 Å². The van der Waals surface area contributed by atoms with Crippen LogP contribution in [0.25, 0.3) is 0 Å². The molecule has 1 aliphatic carbocycles. The van der Waals surface area contributed by atoms with Gasteiger partial charge < -0.3 is 10.6 Å². The number of benzene rings is 1. The number of amides is 1. The van der Waals surface area contributed by atoms with Gasteiger partial charge in [0.2, 0.25) is 0 Å². The molecule has 1 fully saturated rings. The summed E-state index contributed by atoms with van der Waals surface area (Å²) >= 11 is 0. The Morgan fingerprint density at radius 2 is 1.85 bits per heavy atom. The highest BCUT2D eigenvalue weighted by Crippen LogP contribution is 2.19. The fourth-order valence-corrected chi connectivity index (χ4v) is 1.86. The smallest absolute Gasteiger partial charge is 0.251 e. The summed E-state index contributed by atoms with van der Waals surface area (Å²) in [5, 5.41) is 6.24. The van der Waals surface area contributed by atoms with Gasteiger partial charge in [0.15, 0.2) is 0 Å².